The highest BCUT2D eigenvalue weighted by atomic mass is 35.5. The van der Waals surface area contributed by atoms with Gasteiger partial charge in [-0.05, 0) is 214 Å². The second kappa shape index (κ2) is 46.4. The molecule has 0 bridgehead atoms. The summed E-state index contributed by atoms with van der Waals surface area (Å²) in [7, 11) is -17.2. The van der Waals surface area contributed by atoms with Gasteiger partial charge in [0, 0.05) is 32.3 Å². The molecule has 0 atom stereocenters. The standard InChI is InChI=1S/C22H20O5S.C21H18ClNO6S.C21H16ClNO3S.C19H13F2N5O2S.C15H14ClFN2O5S2/c1-26-21-12-11-17(16-7-4-3-5-8-16)13-19(21)15-28(24,25)20-10-6-9-18(14-20)22(23)27-2;1-28-18-9-8-14(13-6-4-3-5-7-13)11-17(18)23-30(26,27)19-12-15(21(24)25)10-16(22)20(19)29-2;1-23-19-11-18(22)12-20(13-19)27(24,25)14-17-10-16(8-9-21(17)26-2)15-6-4-3-5-7-15;20-15-8-6-13(12-4-2-1-3-5-12)10-17(15)24-29(27,28)18-11-14(7-9-16(18)21)19-22-25-26-23-19;1-9-5-11(16)8-12(6-9)26(23,24)18-14-7-10(3-4-13(14)17)15(20)19-25(2,21)22/h3-14H,15H2,1-2H3;3-12,23H,1-2H3,(H,24,25);3-13H,14H2,2H3;1-11,24H,(H,22,23,25,26);3-8,18H,1-2H3,(H,19,20). The Bertz CT molecular complexity index is 7900. The Morgan fingerprint density at radius 3 is 1.36 bits per heavy atom. The van der Waals surface area contributed by atoms with Gasteiger partial charge in [0.05, 0.1) is 108 Å². The highest BCUT2D eigenvalue weighted by molar-refractivity contribution is 7.93. The number of carbonyl (C=O) groups excluding carboxylic acids is 2. The maximum absolute atomic E-state index is 14.3. The number of carboxylic acids is 1. The second-order valence-corrected chi connectivity index (χ2v) is 41.8. The third-order valence-electron chi connectivity index (χ3n) is 19.9. The van der Waals surface area contributed by atoms with Gasteiger partial charge in [-0.1, -0.05) is 186 Å². The zero-order chi connectivity index (χ0) is 102. The van der Waals surface area contributed by atoms with Gasteiger partial charge < -0.3 is 28.8 Å². The van der Waals surface area contributed by atoms with Crippen LogP contribution in [0.3, 0.4) is 0 Å². The molecule has 15 rings (SSSR count). The first-order chi connectivity index (χ1) is 66.4. The molecule has 140 heavy (non-hydrogen) atoms. The van der Waals surface area contributed by atoms with Gasteiger partial charge in [-0.2, -0.15) is 5.21 Å². The molecule has 14 aromatic carbocycles. The van der Waals surface area contributed by atoms with E-state index in [9.17, 15) is 83.2 Å². The number of amides is 1. The van der Waals surface area contributed by atoms with Crippen LogP contribution >= 0.6 is 34.8 Å². The lowest BCUT2D eigenvalue weighted by Gasteiger charge is -2.16. The van der Waals surface area contributed by atoms with Gasteiger partial charge in [-0.25, -0.2) is 82.8 Å². The first kappa shape index (κ1) is 105. The van der Waals surface area contributed by atoms with Gasteiger partial charge in [0.25, 0.3) is 36.0 Å². The normalized spacial score (nSPS) is 11.3. The Kier molecular flexibility index (Phi) is 35.0. The monoisotopic (exact) mass is 2070 g/mol. The number of halogens is 6. The number of H-pyrrole nitrogens is 1. The molecule has 0 spiro atoms. The number of hydrogen-bond donors (Lipinski definition) is 6. The van der Waals surface area contributed by atoms with Crippen molar-refractivity contribution < 1.29 is 107 Å². The molecule has 0 unspecified atom stereocenters. The fourth-order valence-corrected chi connectivity index (χ4v) is 21.3. The quantitative estimate of drug-likeness (QED) is 0.0196. The third-order valence-corrected chi connectivity index (χ3v) is 28.6. The van der Waals surface area contributed by atoms with Crippen LogP contribution in [0, 0.1) is 30.9 Å². The Balaban J connectivity index is 0.000000168. The van der Waals surface area contributed by atoms with E-state index in [0.717, 1.165) is 93.7 Å². The van der Waals surface area contributed by atoms with Crippen LogP contribution in [0.15, 0.2) is 328 Å². The lowest BCUT2D eigenvalue weighted by Crippen LogP contribution is -2.29. The number of ether oxygens (including phenoxy) is 5. The summed E-state index contributed by atoms with van der Waals surface area (Å²) >= 11 is 17.9. The number of sulfonamides is 4. The average Bonchev–Trinajstić information content (AvgIpc) is 0.809. The molecule has 6 N–H and O–H groups in total. The molecule has 15 aromatic rings. The van der Waals surface area contributed by atoms with Crippen LogP contribution < -0.4 is 37.8 Å². The number of carbonyl (C=O) groups is 3. The summed E-state index contributed by atoms with van der Waals surface area (Å²) in [5.74, 6) is -4.94. The molecule has 30 nitrogen and oxygen atoms in total. The SMILES string of the molecule is COC(=O)c1cccc(S(=O)(=O)Cc2cc(-c3ccccc3)ccc2OC)c1.COc1ccc(-c2ccccc2)cc1NS(=O)(=O)c1cc(C(=O)O)cc(Cl)c1OC.Cc1cc(Cl)cc(S(=O)(=O)Nc2cc(C(=O)NS(C)(=O)=O)ccc2F)c1.O=S(=O)(Nc1cc(-c2ccccc2)ccc1F)c1cc(-c2nn[nH]n2)ccc1F.[C-]#[N+]c1cc(Cl)cc(S(=O)(=O)Cc2cc(-c3ccccc3)ccc2OC)c1. The summed E-state index contributed by atoms with van der Waals surface area (Å²) < 4.78 is 227. The number of benzene rings is 14. The van der Waals surface area contributed by atoms with Crippen molar-refractivity contribution in [1.82, 2.24) is 25.3 Å². The number of nitrogens with zero attached hydrogens (tertiary/aromatic N) is 4. The molecule has 0 saturated carbocycles. The fourth-order valence-electron chi connectivity index (χ4n) is 13.4. The van der Waals surface area contributed by atoms with Crippen LogP contribution in [-0.2, 0) is 76.0 Å². The molecule has 1 amide bonds. The van der Waals surface area contributed by atoms with Crippen molar-refractivity contribution >= 4 is 135 Å². The van der Waals surface area contributed by atoms with Gasteiger partial charge in [-0.3, -0.25) is 19.0 Å². The number of sulfone groups is 2. The first-order valence-electron chi connectivity index (χ1n) is 40.6. The zero-order valence-electron chi connectivity index (χ0n) is 74.4. The average molecular weight is 2080 g/mol. The Labute approximate surface area is 819 Å². The molecule has 42 heteroatoms. The lowest BCUT2D eigenvalue weighted by molar-refractivity contribution is 0.0599. The van der Waals surface area contributed by atoms with Gasteiger partial charge in [-0.15, -0.1) is 10.2 Å². The molecule has 1 heterocycles. The van der Waals surface area contributed by atoms with E-state index in [1.807, 2.05) is 126 Å². The number of aromatic amines is 1. The summed E-state index contributed by atoms with van der Waals surface area (Å²) in [4.78, 5) is 37.0. The Morgan fingerprint density at radius 1 is 0.414 bits per heavy atom. The molecule has 0 aliphatic rings. The van der Waals surface area contributed by atoms with E-state index in [2.05, 4.69) is 39.7 Å². The predicted octanol–water partition coefficient (Wildman–Crippen LogP) is 20.1. The molecule has 0 aliphatic heterocycles. The molecule has 0 saturated heterocycles. The highest BCUT2D eigenvalue weighted by Crippen LogP contribution is 2.40. The van der Waals surface area contributed by atoms with E-state index in [1.54, 1.807) is 72.3 Å². The number of anilines is 3. The molecular weight excluding hydrogens is 1990 g/mol. The van der Waals surface area contributed by atoms with Gasteiger partial charge in [0.15, 0.2) is 31.1 Å². The summed E-state index contributed by atoms with van der Waals surface area (Å²) in [5, 5.41) is 22.6. The number of aryl methyl sites for hydroxylation is 1. The van der Waals surface area contributed by atoms with Crippen molar-refractivity contribution in [3.8, 4) is 78.9 Å². The summed E-state index contributed by atoms with van der Waals surface area (Å²) in [6, 6.07) is 80.1. The van der Waals surface area contributed by atoms with E-state index >= 15 is 0 Å². The zero-order valence-corrected chi connectivity index (χ0v) is 81.6. The second-order valence-electron chi connectivity index (χ2n) is 29.8. The molecule has 0 fully saturated rings. The number of rotatable bonds is 28. The fraction of sp³-hybridized carbons (Fsp3) is 0.0918. The number of nitrogens with one attached hydrogen (secondary N) is 5. The number of tetrazole rings is 1. The number of aromatic carboxylic acids is 1. The maximum Gasteiger partial charge on any atom is 0.337 e. The highest BCUT2D eigenvalue weighted by Gasteiger charge is 2.30. The number of aromatic nitrogens is 4. The van der Waals surface area contributed by atoms with E-state index in [-0.39, 0.29) is 97.9 Å². The van der Waals surface area contributed by atoms with Crippen LogP contribution in [0.2, 0.25) is 15.1 Å². The minimum absolute atomic E-state index is 0.0215. The van der Waals surface area contributed by atoms with Crippen LogP contribution in [-0.4, -0.2) is 136 Å². The lowest BCUT2D eigenvalue weighted by atomic mass is 10.0. The summed E-state index contributed by atoms with van der Waals surface area (Å²) in [5.41, 5.74) is 7.92. The molecule has 722 valence electrons. The van der Waals surface area contributed by atoms with Gasteiger partial charge >= 0.3 is 11.9 Å². The molecule has 0 radical (unpaired) electrons. The van der Waals surface area contributed by atoms with Crippen molar-refractivity contribution in [2.24, 2.45) is 0 Å². The van der Waals surface area contributed by atoms with Crippen molar-refractivity contribution in [2.75, 3.05) is 56.0 Å². The number of esters is 1. The predicted molar refractivity (Wildman–Crippen MR) is 526 cm³/mol. The topological polar surface area (TPSA) is 429 Å². The first-order valence-corrected chi connectivity index (χ1v) is 51.4. The van der Waals surface area contributed by atoms with E-state index in [4.69, 9.17) is 60.3 Å². The third kappa shape index (κ3) is 27.9. The Hall–Kier alpha value is -15.0. The Morgan fingerprint density at radius 2 is 0.871 bits per heavy atom. The number of carboxylic acid groups (broad SMARTS) is 1. The molecular formula is C98H81Cl3F3N9O21S6. The van der Waals surface area contributed by atoms with Crippen molar-refractivity contribution in [3.05, 3.63) is 381 Å². The maximum atomic E-state index is 14.3. The van der Waals surface area contributed by atoms with Crippen LogP contribution in [0.4, 0.5) is 35.9 Å². The van der Waals surface area contributed by atoms with E-state index in [1.165, 1.54) is 108 Å². The summed E-state index contributed by atoms with van der Waals surface area (Å²) in [6.07, 6.45) is 0.777. The van der Waals surface area contributed by atoms with Crippen LogP contribution in [0.5, 0.6) is 23.0 Å². The van der Waals surface area contributed by atoms with Crippen molar-refractivity contribution in [3.63, 3.8) is 0 Å². The van der Waals surface area contributed by atoms with Crippen molar-refractivity contribution in [1.29, 1.82) is 0 Å². The minimum atomic E-state index is -4.43. The molecule has 0 aliphatic carbocycles. The van der Waals surface area contributed by atoms with Crippen molar-refractivity contribution in [2.45, 2.75) is 42.9 Å². The van der Waals surface area contributed by atoms with Gasteiger partial charge in [0.2, 0.25) is 15.8 Å². The number of hydrogen-bond acceptors (Lipinski definition) is 23. The minimum Gasteiger partial charge on any atom is -0.496 e. The van der Waals surface area contributed by atoms with Crippen LogP contribution in [0.25, 0.3) is 60.7 Å². The van der Waals surface area contributed by atoms with E-state index in [0.29, 0.717) is 33.8 Å². The van der Waals surface area contributed by atoms with E-state index < -0.39 is 111 Å². The number of methoxy groups -OCH3 is 5. The largest absolute Gasteiger partial charge is 0.496 e. The summed E-state index contributed by atoms with van der Waals surface area (Å²) in [6.45, 7) is 8.74. The smallest absolute Gasteiger partial charge is 0.337 e. The van der Waals surface area contributed by atoms with Gasteiger partial charge in [0.1, 0.15) is 44.5 Å². The van der Waals surface area contributed by atoms with Crippen LogP contribution in [0.1, 0.15) is 47.8 Å². The molecule has 1 aromatic heterocycles.